The van der Waals surface area contributed by atoms with Crippen LogP contribution >= 0.6 is 0 Å². The van der Waals surface area contributed by atoms with Crippen molar-refractivity contribution >= 4 is 17.4 Å². The molecule has 33 heavy (non-hydrogen) atoms. The van der Waals surface area contributed by atoms with Crippen molar-refractivity contribution in [3.05, 3.63) is 72.1 Å². The number of methoxy groups -OCH3 is 1. The summed E-state index contributed by atoms with van der Waals surface area (Å²) in [6.07, 6.45) is -1.30. The van der Waals surface area contributed by atoms with Gasteiger partial charge in [0.25, 0.3) is 0 Å². The smallest absolute Gasteiger partial charge is 0.418 e. The monoisotopic (exact) mass is 456 g/mol. The zero-order valence-electron chi connectivity index (χ0n) is 17.9. The van der Waals surface area contributed by atoms with E-state index in [0.29, 0.717) is 25.9 Å². The Morgan fingerprint density at radius 3 is 2.58 bits per heavy atom. The second-order valence-corrected chi connectivity index (χ2v) is 8.31. The highest BCUT2D eigenvalue weighted by Gasteiger charge is 2.42. The molecule has 0 aliphatic carbocycles. The number of hydrogen-bond acceptors (Lipinski definition) is 3. The number of fused-ring (bicyclic) bond motifs is 4. The highest BCUT2D eigenvalue weighted by atomic mass is 19.4. The fourth-order valence-corrected chi connectivity index (χ4v) is 4.76. The number of rotatable bonds is 2. The van der Waals surface area contributed by atoms with E-state index in [4.69, 9.17) is 4.74 Å². The molecule has 2 aliphatic rings. The lowest BCUT2D eigenvalue weighted by Crippen LogP contribution is -2.51. The third-order valence-electron chi connectivity index (χ3n) is 6.45. The van der Waals surface area contributed by atoms with Crippen LogP contribution in [0, 0.1) is 0 Å². The number of carbonyl (C=O) groups is 1. The van der Waals surface area contributed by atoms with Gasteiger partial charge in [-0.3, -0.25) is 0 Å². The van der Waals surface area contributed by atoms with Gasteiger partial charge in [0.05, 0.1) is 35.3 Å². The second kappa shape index (κ2) is 7.75. The number of nitrogens with one attached hydrogen (secondary N) is 2. The molecule has 2 N–H and O–H groups in total. The van der Waals surface area contributed by atoms with E-state index in [-0.39, 0.29) is 11.2 Å². The van der Waals surface area contributed by atoms with Crippen LogP contribution in [0.25, 0.3) is 5.69 Å². The molecule has 2 aromatic carbocycles. The van der Waals surface area contributed by atoms with Crippen molar-refractivity contribution < 1.29 is 22.7 Å². The Labute approximate surface area is 189 Å². The van der Waals surface area contributed by atoms with E-state index in [1.165, 1.54) is 18.2 Å². The normalized spacial score (nSPS) is 16.5. The number of piperidine rings is 1. The Hall–Kier alpha value is -3.62. The van der Waals surface area contributed by atoms with Crippen molar-refractivity contribution in [1.29, 1.82) is 0 Å². The van der Waals surface area contributed by atoms with Crippen LogP contribution < -0.4 is 15.4 Å². The van der Waals surface area contributed by atoms with Crippen LogP contribution in [-0.4, -0.2) is 35.7 Å². The molecule has 0 unspecified atom stereocenters. The first-order valence-electron chi connectivity index (χ1n) is 10.7. The molecule has 0 radical (unpaired) electrons. The number of halogens is 3. The number of likely N-dealkylation sites (tertiary alicyclic amines) is 1. The molecule has 1 saturated heterocycles. The first-order valence-corrected chi connectivity index (χ1v) is 10.7. The quantitative estimate of drug-likeness (QED) is 0.539. The largest absolute Gasteiger partial charge is 0.497 e. The first-order chi connectivity index (χ1) is 15.8. The van der Waals surface area contributed by atoms with Crippen LogP contribution in [0.2, 0.25) is 0 Å². The summed E-state index contributed by atoms with van der Waals surface area (Å²) in [6.45, 7) is 0.801. The number of para-hydroxylation sites is 1. The van der Waals surface area contributed by atoms with Gasteiger partial charge in [0, 0.05) is 31.0 Å². The summed E-state index contributed by atoms with van der Waals surface area (Å²) in [5.74, 6) is 0.743. The molecule has 3 heterocycles. The molecule has 0 bridgehead atoms. The Kier molecular flexibility index (Phi) is 4.99. The second-order valence-electron chi connectivity index (χ2n) is 8.31. The average Bonchev–Trinajstić information content (AvgIpc) is 3.30. The summed E-state index contributed by atoms with van der Waals surface area (Å²) in [7, 11) is 1.62. The van der Waals surface area contributed by atoms with Gasteiger partial charge in [-0.05, 0) is 49.2 Å². The standard InChI is InChI=1S/C24H23F3N4O2/c1-33-16-8-9-20-19(15-16)29-23(21-7-4-12-31(20)21)10-13-30(14-11-23)22(32)28-18-6-3-2-5-17(18)24(25,26)27/h2-9,12,15,29H,10-11,13-14H2,1H3,(H,28,32). The van der Waals surface area contributed by atoms with Gasteiger partial charge in [0.1, 0.15) is 5.75 Å². The van der Waals surface area contributed by atoms with Crippen LogP contribution in [0.15, 0.2) is 60.8 Å². The fraction of sp³-hybridized carbons (Fsp3) is 0.292. The number of anilines is 2. The number of carbonyl (C=O) groups excluding carboxylic acids is 1. The number of aromatic nitrogens is 1. The van der Waals surface area contributed by atoms with Crippen molar-refractivity contribution in [1.82, 2.24) is 9.47 Å². The minimum Gasteiger partial charge on any atom is -0.497 e. The zero-order chi connectivity index (χ0) is 23.2. The van der Waals surface area contributed by atoms with Gasteiger partial charge >= 0.3 is 12.2 Å². The van der Waals surface area contributed by atoms with Gasteiger partial charge in [-0.25, -0.2) is 4.79 Å². The van der Waals surface area contributed by atoms with E-state index in [9.17, 15) is 18.0 Å². The lowest BCUT2D eigenvalue weighted by Gasteiger charge is -2.46. The topological polar surface area (TPSA) is 58.5 Å². The van der Waals surface area contributed by atoms with E-state index < -0.39 is 17.8 Å². The molecule has 0 atom stereocenters. The number of hydrogen-bond donors (Lipinski definition) is 2. The maximum atomic E-state index is 13.3. The van der Waals surface area contributed by atoms with Crippen LogP contribution in [0.1, 0.15) is 24.1 Å². The van der Waals surface area contributed by atoms with Crippen molar-refractivity contribution in [2.75, 3.05) is 30.8 Å². The lowest BCUT2D eigenvalue weighted by molar-refractivity contribution is -0.136. The maximum Gasteiger partial charge on any atom is 0.418 e. The average molecular weight is 456 g/mol. The van der Waals surface area contributed by atoms with Crippen LogP contribution in [0.5, 0.6) is 5.75 Å². The summed E-state index contributed by atoms with van der Waals surface area (Å²) in [5, 5.41) is 6.11. The summed E-state index contributed by atoms with van der Waals surface area (Å²) in [6, 6.07) is 14.4. The molecule has 0 saturated carbocycles. The fourth-order valence-electron chi connectivity index (χ4n) is 4.76. The van der Waals surface area contributed by atoms with E-state index in [2.05, 4.69) is 21.3 Å². The summed E-state index contributed by atoms with van der Waals surface area (Å²) >= 11 is 0. The van der Waals surface area contributed by atoms with Crippen molar-refractivity contribution in [2.45, 2.75) is 24.6 Å². The molecule has 2 amide bonds. The van der Waals surface area contributed by atoms with Gasteiger partial charge in [0.15, 0.2) is 0 Å². The molecule has 1 spiro atoms. The van der Waals surface area contributed by atoms with E-state index >= 15 is 0 Å². The molecule has 9 heteroatoms. The van der Waals surface area contributed by atoms with Crippen LogP contribution in [0.3, 0.4) is 0 Å². The Bertz CT molecular complexity index is 1200. The number of benzene rings is 2. The SMILES string of the molecule is COc1ccc2c(c1)NC1(CCN(C(=O)Nc3ccccc3C(F)(F)F)CC1)c1cccn1-2. The molecule has 172 valence electrons. The molecule has 1 fully saturated rings. The third-order valence-corrected chi connectivity index (χ3v) is 6.45. The van der Waals surface area contributed by atoms with Gasteiger partial charge < -0.3 is 24.8 Å². The molecule has 3 aromatic rings. The first kappa shape index (κ1) is 21.2. The minimum absolute atomic E-state index is 0.235. The number of urea groups is 1. The van der Waals surface area contributed by atoms with Gasteiger partial charge in [0.2, 0.25) is 0 Å². The lowest BCUT2D eigenvalue weighted by atomic mass is 9.82. The maximum absolute atomic E-state index is 13.3. The van der Waals surface area contributed by atoms with E-state index in [0.717, 1.165) is 28.9 Å². The summed E-state index contributed by atoms with van der Waals surface area (Å²) < 4.78 is 47.4. The van der Waals surface area contributed by atoms with Crippen molar-refractivity contribution in [3.63, 3.8) is 0 Å². The van der Waals surface area contributed by atoms with E-state index in [1.54, 1.807) is 12.0 Å². The van der Waals surface area contributed by atoms with Gasteiger partial charge in [-0.1, -0.05) is 12.1 Å². The predicted molar refractivity (Wildman–Crippen MR) is 119 cm³/mol. The highest BCUT2D eigenvalue weighted by molar-refractivity contribution is 5.90. The van der Waals surface area contributed by atoms with Crippen molar-refractivity contribution in [2.24, 2.45) is 0 Å². The molecule has 1 aromatic heterocycles. The van der Waals surface area contributed by atoms with Crippen LogP contribution in [0.4, 0.5) is 29.3 Å². The third kappa shape index (κ3) is 3.67. The summed E-state index contributed by atoms with van der Waals surface area (Å²) in [5.41, 5.74) is 1.58. The number of alkyl halides is 3. The molecule has 6 nitrogen and oxygen atoms in total. The van der Waals surface area contributed by atoms with Crippen LogP contribution in [-0.2, 0) is 11.7 Å². The Balaban J connectivity index is 1.35. The van der Waals surface area contributed by atoms with E-state index in [1.807, 2.05) is 30.5 Å². The summed E-state index contributed by atoms with van der Waals surface area (Å²) in [4.78, 5) is 14.4. The molecule has 5 rings (SSSR count). The molecular formula is C24H23F3N4O2. The highest BCUT2D eigenvalue weighted by Crippen LogP contribution is 2.44. The van der Waals surface area contributed by atoms with Gasteiger partial charge in [-0.15, -0.1) is 0 Å². The number of ether oxygens (including phenoxy) is 1. The number of amides is 2. The zero-order valence-corrected chi connectivity index (χ0v) is 17.9. The minimum atomic E-state index is -4.54. The predicted octanol–water partition coefficient (Wildman–Crippen LogP) is 5.45. The van der Waals surface area contributed by atoms with Crippen molar-refractivity contribution in [3.8, 4) is 11.4 Å². The Morgan fingerprint density at radius 1 is 1.09 bits per heavy atom. The Morgan fingerprint density at radius 2 is 1.85 bits per heavy atom. The number of nitrogens with zero attached hydrogens (tertiary/aromatic N) is 2. The van der Waals surface area contributed by atoms with Gasteiger partial charge in [-0.2, -0.15) is 13.2 Å². The molecular weight excluding hydrogens is 433 g/mol. The molecule has 2 aliphatic heterocycles.